The zero-order valence-corrected chi connectivity index (χ0v) is 22.0. The van der Waals surface area contributed by atoms with Crippen LogP contribution in [0.25, 0.3) is 0 Å². The molecule has 0 aromatic heterocycles. The highest BCUT2D eigenvalue weighted by Gasteiger charge is 2.38. The molecule has 0 aliphatic carbocycles. The van der Waals surface area contributed by atoms with Gasteiger partial charge in [-0.15, -0.1) is 0 Å². The number of carbonyl (C=O) groups is 3. The number of nitrogens with zero attached hydrogens (tertiary/aromatic N) is 3. The maximum absolute atomic E-state index is 13.6. The van der Waals surface area contributed by atoms with E-state index < -0.39 is 17.8 Å². The summed E-state index contributed by atoms with van der Waals surface area (Å²) in [4.78, 5) is 44.0. The summed E-state index contributed by atoms with van der Waals surface area (Å²) >= 11 is 12.5. The molecule has 1 saturated heterocycles. The van der Waals surface area contributed by atoms with E-state index in [0.717, 1.165) is 0 Å². The van der Waals surface area contributed by atoms with E-state index in [2.05, 4.69) is 10.2 Å². The molecule has 8 nitrogen and oxygen atoms in total. The molecule has 3 amide bonds. The zero-order chi connectivity index (χ0) is 26.7. The molecule has 1 fully saturated rings. The van der Waals surface area contributed by atoms with Gasteiger partial charge in [-0.3, -0.25) is 14.6 Å². The number of amides is 3. The molecule has 1 atom stereocenters. The smallest absolute Gasteiger partial charge is 0.338 e. The Labute approximate surface area is 224 Å². The van der Waals surface area contributed by atoms with Crippen molar-refractivity contribution in [1.29, 1.82) is 0 Å². The number of piperazine rings is 1. The van der Waals surface area contributed by atoms with Crippen molar-refractivity contribution >= 4 is 41.1 Å². The van der Waals surface area contributed by atoms with Crippen molar-refractivity contribution < 1.29 is 23.5 Å². The van der Waals surface area contributed by atoms with Crippen molar-refractivity contribution in [3.8, 4) is 0 Å². The SMILES string of the molecule is CCOC(=O)C1=C(CN2CCN(C(=O)c3cccc(F)c3)CC2)N(C)C(=O)N[C@H]1c1ccc(Cl)cc1Cl. The van der Waals surface area contributed by atoms with Crippen molar-refractivity contribution in [3.63, 3.8) is 0 Å². The quantitative estimate of drug-likeness (QED) is 0.549. The molecule has 0 spiro atoms. The van der Waals surface area contributed by atoms with Crippen LogP contribution in [0.5, 0.6) is 0 Å². The summed E-state index contributed by atoms with van der Waals surface area (Å²) in [6, 6.07) is 9.28. The van der Waals surface area contributed by atoms with E-state index in [1.54, 1.807) is 43.1 Å². The lowest BCUT2D eigenvalue weighted by Gasteiger charge is -2.39. The maximum atomic E-state index is 13.6. The highest BCUT2D eigenvalue weighted by molar-refractivity contribution is 6.35. The molecular formula is C26H27Cl2FN4O4. The largest absolute Gasteiger partial charge is 0.463 e. The minimum atomic E-state index is -0.821. The normalized spacial score (nSPS) is 18.6. The van der Waals surface area contributed by atoms with Gasteiger partial charge in [-0.2, -0.15) is 0 Å². The number of benzene rings is 2. The summed E-state index contributed by atoms with van der Waals surface area (Å²) in [7, 11) is 1.59. The second kappa shape index (κ2) is 11.5. The molecule has 2 aromatic carbocycles. The minimum absolute atomic E-state index is 0.162. The first-order chi connectivity index (χ1) is 17.7. The average molecular weight is 549 g/mol. The van der Waals surface area contributed by atoms with Crippen LogP contribution in [0.4, 0.5) is 9.18 Å². The summed E-state index contributed by atoms with van der Waals surface area (Å²) in [5.41, 5.74) is 1.60. The van der Waals surface area contributed by atoms with Gasteiger partial charge in [-0.1, -0.05) is 35.3 Å². The highest BCUT2D eigenvalue weighted by atomic mass is 35.5. The van der Waals surface area contributed by atoms with Crippen LogP contribution < -0.4 is 5.32 Å². The van der Waals surface area contributed by atoms with Crippen LogP contribution >= 0.6 is 23.2 Å². The molecule has 0 radical (unpaired) electrons. The molecule has 11 heteroatoms. The number of rotatable bonds is 6. The Morgan fingerprint density at radius 3 is 2.49 bits per heavy atom. The molecule has 2 aromatic rings. The lowest BCUT2D eigenvalue weighted by molar-refractivity contribution is -0.139. The first kappa shape index (κ1) is 26.9. The van der Waals surface area contributed by atoms with Crippen LogP contribution in [0.2, 0.25) is 10.0 Å². The Morgan fingerprint density at radius 2 is 1.84 bits per heavy atom. The number of carbonyl (C=O) groups excluding carboxylic acids is 3. The summed E-state index contributed by atoms with van der Waals surface area (Å²) in [5.74, 6) is -1.26. The second-order valence-corrected chi connectivity index (χ2v) is 9.61. The summed E-state index contributed by atoms with van der Waals surface area (Å²) < 4.78 is 18.9. The van der Waals surface area contributed by atoms with E-state index in [-0.39, 0.29) is 30.7 Å². The fraction of sp³-hybridized carbons (Fsp3) is 0.346. The van der Waals surface area contributed by atoms with Gasteiger partial charge in [0, 0.05) is 61.1 Å². The van der Waals surface area contributed by atoms with Crippen molar-refractivity contribution in [1.82, 2.24) is 20.0 Å². The number of halogens is 3. The van der Waals surface area contributed by atoms with Crippen molar-refractivity contribution in [2.45, 2.75) is 13.0 Å². The van der Waals surface area contributed by atoms with Crippen LogP contribution in [0.1, 0.15) is 28.9 Å². The third-order valence-electron chi connectivity index (χ3n) is 6.45. The summed E-state index contributed by atoms with van der Waals surface area (Å²) in [5, 5.41) is 3.59. The van der Waals surface area contributed by atoms with Crippen LogP contribution in [0.15, 0.2) is 53.7 Å². The molecule has 0 saturated carbocycles. The molecule has 4 rings (SSSR count). The van der Waals surface area contributed by atoms with Gasteiger partial charge in [0.1, 0.15) is 5.82 Å². The van der Waals surface area contributed by atoms with E-state index in [1.807, 2.05) is 0 Å². The zero-order valence-electron chi connectivity index (χ0n) is 20.5. The Bertz CT molecular complexity index is 1250. The number of hydrogen-bond donors (Lipinski definition) is 1. The van der Waals surface area contributed by atoms with E-state index in [4.69, 9.17) is 27.9 Å². The third kappa shape index (κ3) is 5.89. The number of likely N-dealkylation sites (N-methyl/N-ethyl adjacent to an activating group) is 1. The Kier molecular flexibility index (Phi) is 8.36. The van der Waals surface area contributed by atoms with Crippen molar-refractivity contribution in [3.05, 3.63) is 80.7 Å². The van der Waals surface area contributed by atoms with Gasteiger partial charge in [0.2, 0.25) is 0 Å². The van der Waals surface area contributed by atoms with Gasteiger partial charge < -0.3 is 15.0 Å². The first-order valence-corrected chi connectivity index (χ1v) is 12.6. The van der Waals surface area contributed by atoms with E-state index in [1.165, 1.54) is 23.1 Å². The number of urea groups is 1. The molecule has 2 aliphatic heterocycles. The van der Waals surface area contributed by atoms with Gasteiger partial charge in [-0.25, -0.2) is 14.0 Å². The van der Waals surface area contributed by atoms with Gasteiger partial charge in [0.15, 0.2) is 0 Å². The number of nitrogens with one attached hydrogen (secondary N) is 1. The molecule has 196 valence electrons. The molecule has 1 N–H and O–H groups in total. The second-order valence-electron chi connectivity index (χ2n) is 8.77. The van der Waals surface area contributed by atoms with Gasteiger partial charge in [0.25, 0.3) is 5.91 Å². The van der Waals surface area contributed by atoms with Crippen molar-refractivity contribution in [2.75, 3.05) is 46.4 Å². The van der Waals surface area contributed by atoms with E-state index >= 15 is 0 Å². The molecule has 0 unspecified atom stereocenters. The first-order valence-electron chi connectivity index (χ1n) is 11.9. The molecule has 0 bridgehead atoms. The fourth-order valence-electron chi connectivity index (χ4n) is 4.49. The van der Waals surface area contributed by atoms with Gasteiger partial charge >= 0.3 is 12.0 Å². The molecular weight excluding hydrogens is 522 g/mol. The molecule has 2 heterocycles. The monoisotopic (exact) mass is 548 g/mol. The lowest BCUT2D eigenvalue weighted by atomic mass is 9.94. The Hall–Kier alpha value is -3.14. The summed E-state index contributed by atoms with van der Waals surface area (Å²) in [6.07, 6.45) is 0. The molecule has 37 heavy (non-hydrogen) atoms. The average Bonchev–Trinajstić information content (AvgIpc) is 2.87. The summed E-state index contributed by atoms with van der Waals surface area (Å²) in [6.45, 7) is 3.99. The Morgan fingerprint density at radius 1 is 1.11 bits per heavy atom. The van der Waals surface area contributed by atoms with Crippen LogP contribution in [0, 0.1) is 5.82 Å². The predicted octanol–water partition coefficient (Wildman–Crippen LogP) is 4.10. The van der Waals surface area contributed by atoms with Crippen LogP contribution in [-0.2, 0) is 9.53 Å². The standard InChI is InChI=1S/C26H27Cl2FN4O4/c1-3-37-25(35)22-21(31(2)26(36)30-23(22)19-8-7-17(27)14-20(19)28)15-32-9-11-33(12-10-32)24(34)16-5-4-6-18(29)13-16/h4-8,13-14,23H,3,9-12,15H2,1-2H3,(H,30,36)/t23-/m0/s1. The van der Waals surface area contributed by atoms with Gasteiger partial charge in [-0.05, 0) is 42.8 Å². The van der Waals surface area contributed by atoms with Crippen LogP contribution in [0.3, 0.4) is 0 Å². The highest BCUT2D eigenvalue weighted by Crippen LogP contribution is 2.36. The maximum Gasteiger partial charge on any atom is 0.338 e. The Balaban J connectivity index is 1.59. The number of esters is 1. The third-order valence-corrected chi connectivity index (χ3v) is 7.01. The van der Waals surface area contributed by atoms with Gasteiger partial charge in [0.05, 0.1) is 18.2 Å². The van der Waals surface area contributed by atoms with E-state index in [0.29, 0.717) is 53.0 Å². The predicted molar refractivity (Wildman–Crippen MR) is 138 cm³/mol. The van der Waals surface area contributed by atoms with Crippen molar-refractivity contribution in [2.24, 2.45) is 0 Å². The number of ether oxygens (including phenoxy) is 1. The number of hydrogen-bond acceptors (Lipinski definition) is 5. The topological polar surface area (TPSA) is 82.2 Å². The minimum Gasteiger partial charge on any atom is -0.463 e. The lowest BCUT2D eigenvalue weighted by Crippen LogP contribution is -2.53. The van der Waals surface area contributed by atoms with E-state index in [9.17, 15) is 18.8 Å². The molecule has 2 aliphatic rings. The van der Waals surface area contributed by atoms with Crippen LogP contribution in [-0.4, -0.2) is 79.0 Å². The fourth-order valence-corrected chi connectivity index (χ4v) is 5.01.